The van der Waals surface area contributed by atoms with Crippen LogP contribution in [-0.2, 0) is 4.79 Å². The van der Waals surface area contributed by atoms with E-state index < -0.39 is 5.69 Å². The number of benzene rings is 3. The van der Waals surface area contributed by atoms with Crippen molar-refractivity contribution in [3.05, 3.63) is 101 Å². The molecule has 3 aromatic carbocycles. The van der Waals surface area contributed by atoms with E-state index in [9.17, 15) is 19.5 Å². The number of fused-ring (bicyclic) bond motifs is 1. The van der Waals surface area contributed by atoms with Crippen molar-refractivity contribution < 1.29 is 14.7 Å². The minimum absolute atomic E-state index is 0.0153. The predicted molar refractivity (Wildman–Crippen MR) is 157 cm³/mol. The van der Waals surface area contributed by atoms with Crippen LogP contribution in [0.2, 0.25) is 0 Å². The number of aromatic amines is 2. The molecular formula is C31H32N6O4. The van der Waals surface area contributed by atoms with Crippen LogP contribution < -0.4 is 16.3 Å². The summed E-state index contributed by atoms with van der Waals surface area (Å²) in [6.07, 6.45) is 6.56. The first-order chi connectivity index (χ1) is 19.9. The number of H-pyrrole nitrogens is 2. The summed E-state index contributed by atoms with van der Waals surface area (Å²) in [7, 11) is 1.63. The summed E-state index contributed by atoms with van der Waals surface area (Å²) in [6, 6.07) is 20.5. The van der Waals surface area contributed by atoms with Crippen molar-refractivity contribution >= 4 is 22.6 Å². The molecular weight excluding hydrogens is 520 g/mol. The highest BCUT2D eigenvalue weighted by atomic mass is 16.3. The van der Waals surface area contributed by atoms with Gasteiger partial charge in [0.15, 0.2) is 0 Å². The smallest absolute Gasteiger partial charge is 0.332 e. The zero-order chi connectivity index (χ0) is 28.8. The molecule has 0 aliphatic rings. The van der Waals surface area contributed by atoms with Crippen LogP contribution in [0.4, 0.5) is 0 Å². The number of aromatic hydroxyl groups is 1. The molecule has 5 N–H and O–H groups in total. The number of aromatic nitrogens is 4. The molecule has 0 radical (unpaired) electrons. The van der Waals surface area contributed by atoms with E-state index in [0.717, 1.165) is 41.3 Å². The van der Waals surface area contributed by atoms with Crippen LogP contribution in [0.15, 0.2) is 83.9 Å². The fourth-order valence-corrected chi connectivity index (χ4v) is 4.82. The second-order valence-corrected chi connectivity index (χ2v) is 9.90. The Balaban J connectivity index is 1.33. The molecule has 0 saturated carbocycles. The lowest BCUT2D eigenvalue weighted by Gasteiger charge is -2.17. The summed E-state index contributed by atoms with van der Waals surface area (Å²) in [5.74, 6) is 0.150. The third-order valence-corrected chi connectivity index (χ3v) is 7.08. The molecule has 0 saturated heterocycles. The number of nitrogens with zero attached hydrogens (tertiary/aromatic N) is 2. The van der Waals surface area contributed by atoms with Crippen molar-refractivity contribution in [3.8, 4) is 22.8 Å². The summed E-state index contributed by atoms with van der Waals surface area (Å²) < 4.78 is 1.26. The molecule has 10 nitrogen and oxygen atoms in total. The lowest BCUT2D eigenvalue weighted by Crippen LogP contribution is -2.29. The van der Waals surface area contributed by atoms with Gasteiger partial charge in [0.2, 0.25) is 11.8 Å². The SMILES string of the molecule is CNC(=O)CCCCC[C@H](NC(=O)c1ccc(-n2cc(O)[nH]c2=O)cc1)c1ncc(-c2ccc3ccccc3c2)[nH]1. The van der Waals surface area contributed by atoms with Crippen molar-refractivity contribution in [1.29, 1.82) is 0 Å². The van der Waals surface area contributed by atoms with E-state index in [1.807, 2.05) is 18.2 Å². The molecule has 0 aliphatic carbocycles. The highest BCUT2D eigenvalue weighted by Gasteiger charge is 2.20. The van der Waals surface area contributed by atoms with Gasteiger partial charge in [-0.25, -0.2) is 9.78 Å². The topological polar surface area (TPSA) is 145 Å². The molecule has 1 atom stereocenters. The monoisotopic (exact) mass is 552 g/mol. The van der Waals surface area contributed by atoms with Crippen molar-refractivity contribution in [3.63, 3.8) is 0 Å². The molecule has 0 unspecified atom stereocenters. The number of nitrogens with one attached hydrogen (secondary N) is 4. The van der Waals surface area contributed by atoms with Crippen LogP contribution in [0.5, 0.6) is 5.88 Å². The minimum atomic E-state index is -0.476. The highest BCUT2D eigenvalue weighted by Crippen LogP contribution is 2.26. The fraction of sp³-hybridized carbons (Fsp3) is 0.226. The fourth-order valence-electron chi connectivity index (χ4n) is 4.82. The van der Waals surface area contributed by atoms with Crippen molar-refractivity contribution in [1.82, 2.24) is 30.2 Å². The molecule has 2 amide bonds. The van der Waals surface area contributed by atoms with Gasteiger partial charge in [-0.05, 0) is 53.9 Å². The summed E-state index contributed by atoms with van der Waals surface area (Å²) in [6.45, 7) is 0. The van der Waals surface area contributed by atoms with Crippen LogP contribution in [0, 0.1) is 0 Å². The predicted octanol–water partition coefficient (Wildman–Crippen LogP) is 4.58. The summed E-state index contributed by atoms with van der Waals surface area (Å²) >= 11 is 0. The summed E-state index contributed by atoms with van der Waals surface area (Å²) in [4.78, 5) is 47.1. The van der Waals surface area contributed by atoms with Crippen LogP contribution in [-0.4, -0.2) is 43.5 Å². The van der Waals surface area contributed by atoms with Gasteiger partial charge in [0.1, 0.15) is 5.82 Å². The number of amides is 2. The van der Waals surface area contributed by atoms with Gasteiger partial charge in [0.05, 0.1) is 29.8 Å². The van der Waals surface area contributed by atoms with E-state index in [4.69, 9.17) is 0 Å². The number of imidazole rings is 2. The molecule has 210 valence electrons. The average molecular weight is 553 g/mol. The second-order valence-electron chi connectivity index (χ2n) is 9.90. The number of carbonyl (C=O) groups excluding carboxylic acids is 2. The van der Waals surface area contributed by atoms with E-state index in [1.165, 1.54) is 10.8 Å². The summed E-state index contributed by atoms with van der Waals surface area (Å²) in [5.41, 5.74) is 2.32. The maximum atomic E-state index is 13.3. The number of carbonyl (C=O) groups is 2. The van der Waals surface area contributed by atoms with Crippen LogP contribution in [0.25, 0.3) is 27.7 Å². The molecule has 2 aromatic heterocycles. The Kier molecular flexibility index (Phi) is 8.28. The van der Waals surface area contributed by atoms with Gasteiger partial charge < -0.3 is 20.7 Å². The van der Waals surface area contributed by atoms with Crippen LogP contribution in [0.1, 0.15) is 54.3 Å². The molecule has 0 bridgehead atoms. The van der Waals surface area contributed by atoms with Crippen molar-refractivity contribution in [2.24, 2.45) is 0 Å². The Morgan fingerprint density at radius 3 is 2.49 bits per heavy atom. The molecule has 0 aliphatic heterocycles. The van der Waals surface area contributed by atoms with Gasteiger partial charge >= 0.3 is 5.69 Å². The molecule has 10 heteroatoms. The zero-order valence-corrected chi connectivity index (χ0v) is 22.7. The minimum Gasteiger partial charge on any atom is -0.493 e. The van der Waals surface area contributed by atoms with E-state index in [-0.39, 0.29) is 23.7 Å². The molecule has 5 aromatic rings. The normalized spacial score (nSPS) is 11.8. The zero-order valence-electron chi connectivity index (χ0n) is 22.7. The summed E-state index contributed by atoms with van der Waals surface area (Å²) in [5, 5.41) is 17.6. The Morgan fingerprint density at radius 1 is 0.976 bits per heavy atom. The first-order valence-electron chi connectivity index (χ1n) is 13.6. The van der Waals surface area contributed by atoms with E-state index in [0.29, 0.717) is 29.9 Å². The maximum absolute atomic E-state index is 13.3. The van der Waals surface area contributed by atoms with Crippen molar-refractivity contribution in [2.75, 3.05) is 7.05 Å². The lowest BCUT2D eigenvalue weighted by atomic mass is 10.0. The molecule has 5 rings (SSSR count). The van der Waals surface area contributed by atoms with Gasteiger partial charge in [-0.15, -0.1) is 0 Å². The number of hydrogen-bond acceptors (Lipinski definition) is 5. The van der Waals surface area contributed by atoms with Gasteiger partial charge in [-0.1, -0.05) is 49.2 Å². The molecule has 41 heavy (non-hydrogen) atoms. The number of unbranched alkanes of at least 4 members (excludes halogenated alkanes) is 2. The van der Waals surface area contributed by atoms with E-state index in [1.54, 1.807) is 37.5 Å². The van der Waals surface area contributed by atoms with Crippen LogP contribution >= 0.6 is 0 Å². The first kappa shape index (κ1) is 27.4. The standard InChI is InChI=1S/C31H32N6O4/c1-32-27(38)10-4-2-3-9-25(29-33-18-26(34-29)23-12-11-20-7-5-6-8-22(20)17-23)35-30(40)21-13-15-24(16-14-21)37-19-28(39)36-31(37)41/h5-8,11-19,25,39H,2-4,9-10H2,1H3,(H,32,38)(H,33,34)(H,35,40)(H,36,41)/t25-/m0/s1. The van der Waals surface area contributed by atoms with Gasteiger partial charge in [-0.2, -0.15) is 0 Å². The van der Waals surface area contributed by atoms with E-state index >= 15 is 0 Å². The Hall–Kier alpha value is -5.12. The molecule has 0 fully saturated rings. The number of rotatable bonds is 11. The highest BCUT2D eigenvalue weighted by molar-refractivity contribution is 5.94. The number of hydrogen-bond donors (Lipinski definition) is 5. The third-order valence-electron chi connectivity index (χ3n) is 7.08. The maximum Gasteiger partial charge on any atom is 0.332 e. The molecule has 0 spiro atoms. The third kappa shape index (κ3) is 6.55. The Bertz CT molecular complexity index is 1720. The van der Waals surface area contributed by atoms with Crippen LogP contribution in [0.3, 0.4) is 0 Å². The quantitative estimate of drug-likeness (QED) is 0.152. The van der Waals surface area contributed by atoms with Crippen molar-refractivity contribution in [2.45, 2.75) is 38.1 Å². The van der Waals surface area contributed by atoms with Gasteiger partial charge in [0, 0.05) is 24.6 Å². The molecule has 2 heterocycles. The van der Waals surface area contributed by atoms with E-state index in [2.05, 4.69) is 49.9 Å². The van der Waals surface area contributed by atoms with Gasteiger partial charge in [-0.3, -0.25) is 19.1 Å². The van der Waals surface area contributed by atoms with Gasteiger partial charge in [0.25, 0.3) is 5.91 Å². The Labute approximate surface area is 236 Å². The lowest BCUT2D eigenvalue weighted by molar-refractivity contribution is -0.120. The average Bonchev–Trinajstić information content (AvgIpc) is 3.62. The second kappa shape index (κ2) is 12.4. The largest absolute Gasteiger partial charge is 0.493 e. The first-order valence-corrected chi connectivity index (χ1v) is 13.6. The Morgan fingerprint density at radius 2 is 1.76 bits per heavy atom.